The summed E-state index contributed by atoms with van der Waals surface area (Å²) in [7, 11) is 0. The SMILES string of the molecule is CC(C)c1nc(C(=O)N2CCOC3(CCN(Cc4ccc(F)c(C=COC(C)(C)C)c4)CC3)C2)cs1. The number of aromatic nitrogens is 1. The lowest BCUT2D eigenvalue weighted by atomic mass is 9.89. The molecule has 2 aliphatic rings. The van der Waals surface area contributed by atoms with Crippen molar-refractivity contribution in [1.82, 2.24) is 14.8 Å². The highest BCUT2D eigenvalue weighted by Crippen LogP contribution is 2.32. The molecular formula is C28H38FN3O3S. The molecule has 1 amide bonds. The summed E-state index contributed by atoms with van der Waals surface area (Å²) in [6.45, 7) is 14.3. The van der Waals surface area contributed by atoms with Crippen molar-refractivity contribution in [2.75, 3.05) is 32.8 Å². The van der Waals surface area contributed by atoms with E-state index in [1.54, 1.807) is 23.7 Å². The molecule has 1 aromatic heterocycles. The van der Waals surface area contributed by atoms with Crippen molar-refractivity contribution in [3.63, 3.8) is 0 Å². The molecule has 2 aliphatic heterocycles. The van der Waals surface area contributed by atoms with Crippen LogP contribution in [0.25, 0.3) is 6.08 Å². The number of carbonyl (C=O) groups is 1. The van der Waals surface area contributed by atoms with Crippen LogP contribution in [0.4, 0.5) is 4.39 Å². The number of thiazole rings is 1. The molecule has 6 nitrogen and oxygen atoms in total. The number of amides is 1. The zero-order chi connectivity index (χ0) is 25.9. The minimum atomic E-state index is -0.313. The maximum Gasteiger partial charge on any atom is 0.273 e. The number of piperidine rings is 1. The molecule has 1 spiro atoms. The smallest absolute Gasteiger partial charge is 0.273 e. The monoisotopic (exact) mass is 515 g/mol. The predicted octanol–water partition coefficient (Wildman–Crippen LogP) is 5.70. The number of hydrogen-bond acceptors (Lipinski definition) is 6. The van der Waals surface area contributed by atoms with E-state index in [2.05, 4.69) is 23.7 Å². The second kappa shape index (κ2) is 11.0. The summed E-state index contributed by atoms with van der Waals surface area (Å²) in [5, 5.41) is 2.87. The third-order valence-corrected chi connectivity index (χ3v) is 7.82. The number of likely N-dealkylation sites (tertiary alicyclic amines) is 1. The van der Waals surface area contributed by atoms with Crippen LogP contribution < -0.4 is 0 Å². The Hall–Kier alpha value is -2.29. The van der Waals surface area contributed by atoms with Crippen LogP contribution in [-0.4, -0.2) is 64.7 Å². The first-order valence-electron chi connectivity index (χ1n) is 12.8. The summed E-state index contributed by atoms with van der Waals surface area (Å²) in [6.07, 6.45) is 4.97. The molecule has 0 saturated carbocycles. The van der Waals surface area contributed by atoms with E-state index in [0.717, 1.165) is 43.0 Å². The molecule has 0 radical (unpaired) electrons. The molecule has 2 saturated heterocycles. The van der Waals surface area contributed by atoms with Crippen LogP contribution in [0.5, 0.6) is 0 Å². The molecule has 0 atom stereocenters. The molecular weight excluding hydrogens is 477 g/mol. The van der Waals surface area contributed by atoms with Crippen LogP contribution in [0.1, 0.15) is 80.0 Å². The summed E-state index contributed by atoms with van der Waals surface area (Å²) in [5.74, 6) is 0.0682. The Kier molecular flexibility index (Phi) is 8.17. The first-order valence-corrected chi connectivity index (χ1v) is 13.7. The van der Waals surface area contributed by atoms with Gasteiger partial charge in [0.2, 0.25) is 0 Å². The standard InChI is InChI=1S/C28H38FN3O3S/c1-20(2)25-30-24(18-36-25)26(33)32-13-15-35-28(19-32)9-11-31(12-10-28)17-21-6-7-23(29)22(16-21)8-14-34-27(3,4)5/h6-8,14,16,18,20H,9-13,15,17,19H2,1-5H3. The molecule has 3 heterocycles. The minimum absolute atomic E-state index is 0.00518. The largest absolute Gasteiger partial charge is 0.496 e. The lowest BCUT2D eigenvalue weighted by Crippen LogP contribution is -2.58. The maximum atomic E-state index is 14.3. The molecule has 196 valence electrons. The van der Waals surface area contributed by atoms with Crippen LogP contribution in [0, 0.1) is 5.82 Å². The number of hydrogen-bond donors (Lipinski definition) is 0. The maximum absolute atomic E-state index is 14.3. The van der Waals surface area contributed by atoms with E-state index in [0.29, 0.717) is 36.9 Å². The number of nitrogens with zero attached hydrogens (tertiary/aromatic N) is 3. The molecule has 0 bridgehead atoms. The molecule has 0 N–H and O–H groups in total. The van der Waals surface area contributed by atoms with Gasteiger partial charge in [0, 0.05) is 43.0 Å². The molecule has 8 heteroatoms. The summed E-state index contributed by atoms with van der Waals surface area (Å²) in [6, 6.07) is 5.26. The van der Waals surface area contributed by atoms with E-state index in [9.17, 15) is 9.18 Å². The third-order valence-electron chi connectivity index (χ3n) is 6.67. The van der Waals surface area contributed by atoms with Gasteiger partial charge in [-0.25, -0.2) is 9.37 Å². The average Bonchev–Trinajstić information content (AvgIpc) is 3.32. The Morgan fingerprint density at radius 1 is 1.28 bits per heavy atom. The highest BCUT2D eigenvalue weighted by atomic mass is 32.1. The fourth-order valence-corrected chi connectivity index (χ4v) is 5.45. The van der Waals surface area contributed by atoms with E-state index in [1.165, 1.54) is 6.07 Å². The minimum Gasteiger partial charge on any atom is -0.496 e. The van der Waals surface area contributed by atoms with Gasteiger partial charge in [0.05, 0.1) is 35.6 Å². The normalized spacial score (nSPS) is 18.9. The van der Waals surface area contributed by atoms with Gasteiger partial charge in [-0.3, -0.25) is 9.69 Å². The second-order valence-corrected chi connectivity index (χ2v) is 12.0. The summed E-state index contributed by atoms with van der Waals surface area (Å²) in [4.78, 5) is 22.0. The summed E-state index contributed by atoms with van der Waals surface area (Å²) < 4.78 is 26.2. The van der Waals surface area contributed by atoms with Crippen molar-refractivity contribution in [3.8, 4) is 0 Å². The molecule has 4 rings (SSSR count). The van der Waals surface area contributed by atoms with E-state index >= 15 is 0 Å². The Morgan fingerprint density at radius 2 is 2.03 bits per heavy atom. The van der Waals surface area contributed by atoms with Gasteiger partial charge in [0.1, 0.15) is 11.5 Å². The zero-order valence-corrected chi connectivity index (χ0v) is 22.9. The van der Waals surface area contributed by atoms with E-state index in [4.69, 9.17) is 9.47 Å². The lowest BCUT2D eigenvalue weighted by molar-refractivity contribution is -0.128. The fourth-order valence-electron chi connectivity index (χ4n) is 4.64. The molecule has 2 fully saturated rings. The first kappa shape index (κ1) is 26.8. The Labute approximate surface area is 218 Å². The van der Waals surface area contributed by atoms with Crippen LogP contribution in [-0.2, 0) is 16.0 Å². The molecule has 2 aromatic rings. The summed E-state index contributed by atoms with van der Waals surface area (Å²) in [5.41, 5.74) is 1.52. The second-order valence-electron chi connectivity index (χ2n) is 11.1. The van der Waals surface area contributed by atoms with E-state index in [1.807, 2.05) is 43.2 Å². The number of ether oxygens (including phenoxy) is 2. The van der Waals surface area contributed by atoms with Crippen LogP contribution >= 0.6 is 11.3 Å². The van der Waals surface area contributed by atoms with Crippen LogP contribution in [0.2, 0.25) is 0 Å². The number of halogens is 1. The number of benzene rings is 1. The molecule has 0 aliphatic carbocycles. The highest BCUT2D eigenvalue weighted by Gasteiger charge is 2.41. The Balaban J connectivity index is 1.34. The fraction of sp³-hybridized carbons (Fsp3) is 0.571. The summed E-state index contributed by atoms with van der Waals surface area (Å²) >= 11 is 1.55. The van der Waals surface area contributed by atoms with E-state index < -0.39 is 0 Å². The Bertz CT molecular complexity index is 1080. The van der Waals surface area contributed by atoms with Crippen molar-refractivity contribution in [2.45, 2.75) is 71.1 Å². The topological polar surface area (TPSA) is 54.9 Å². The van der Waals surface area contributed by atoms with Crippen molar-refractivity contribution in [2.24, 2.45) is 0 Å². The molecule has 36 heavy (non-hydrogen) atoms. The van der Waals surface area contributed by atoms with Crippen molar-refractivity contribution in [1.29, 1.82) is 0 Å². The first-order chi connectivity index (χ1) is 17.0. The van der Waals surface area contributed by atoms with Crippen molar-refractivity contribution in [3.05, 3.63) is 57.5 Å². The van der Waals surface area contributed by atoms with Gasteiger partial charge >= 0.3 is 0 Å². The molecule has 1 aromatic carbocycles. The molecule has 0 unspecified atom stereocenters. The quantitative estimate of drug-likeness (QED) is 0.462. The van der Waals surface area contributed by atoms with Gasteiger partial charge in [0.15, 0.2) is 0 Å². The van der Waals surface area contributed by atoms with Crippen molar-refractivity contribution >= 4 is 23.3 Å². The van der Waals surface area contributed by atoms with Gasteiger partial charge in [-0.2, -0.15) is 0 Å². The van der Waals surface area contributed by atoms with Crippen molar-refractivity contribution < 1.29 is 18.7 Å². The van der Waals surface area contributed by atoms with Gasteiger partial charge in [-0.1, -0.05) is 19.9 Å². The lowest BCUT2D eigenvalue weighted by Gasteiger charge is -2.47. The number of rotatable bonds is 6. The number of carbonyl (C=O) groups excluding carboxylic acids is 1. The Morgan fingerprint density at radius 3 is 2.69 bits per heavy atom. The predicted molar refractivity (Wildman–Crippen MR) is 142 cm³/mol. The van der Waals surface area contributed by atoms with Crippen LogP contribution in [0.15, 0.2) is 29.8 Å². The van der Waals surface area contributed by atoms with Gasteiger partial charge < -0.3 is 14.4 Å². The zero-order valence-electron chi connectivity index (χ0n) is 22.1. The van der Waals surface area contributed by atoms with Gasteiger partial charge in [0.25, 0.3) is 5.91 Å². The van der Waals surface area contributed by atoms with Gasteiger partial charge in [-0.15, -0.1) is 11.3 Å². The van der Waals surface area contributed by atoms with Crippen LogP contribution in [0.3, 0.4) is 0 Å². The van der Waals surface area contributed by atoms with E-state index in [-0.39, 0.29) is 22.9 Å². The highest BCUT2D eigenvalue weighted by molar-refractivity contribution is 7.09. The number of morpholine rings is 1. The average molecular weight is 516 g/mol. The van der Waals surface area contributed by atoms with Gasteiger partial charge in [-0.05, 0) is 57.4 Å². The third kappa shape index (κ3) is 6.72.